The van der Waals surface area contributed by atoms with Crippen molar-refractivity contribution in [1.82, 2.24) is 0 Å². The van der Waals surface area contributed by atoms with Gasteiger partial charge in [-0.15, -0.1) is 5.73 Å². The normalized spacial score (nSPS) is 23.4. The maximum absolute atomic E-state index is 10.6. The molecule has 0 saturated heterocycles. The number of aliphatic hydroxyl groups is 1. The Morgan fingerprint density at radius 1 is 1.25 bits per heavy atom. The highest BCUT2D eigenvalue weighted by Crippen LogP contribution is 2.42. The van der Waals surface area contributed by atoms with Crippen LogP contribution in [0.1, 0.15) is 91.4 Å². The van der Waals surface area contributed by atoms with Crippen LogP contribution in [0, 0.1) is 11.8 Å². The first kappa shape index (κ1) is 27.1. The summed E-state index contributed by atoms with van der Waals surface area (Å²) >= 11 is 0. The van der Waals surface area contributed by atoms with Gasteiger partial charge in [0.05, 0.1) is 12.5 Å². The van der Waals surface area contributed by atoms with E-state index in [1.165, 1.54) is 37.7 Å². The van der Waals surface area contributed by atoms with E-state index >= 15 is 0 Å². The van der Waals surface area contributed by atoms with Crippen molar-refractivity contribution in [2.45, 2.75) is 122 Å². The Balaban J connectivity index is 1.98. The number of carboxylic acid groups (broad SMARTS) is 1. The van der Waals surface area contributed by atoms with E-state index in [1.807, 2.05) is 6.08 Å². The van der Waals surface area contributed by atoms with Crippen LogP contribution in [0.15, 0.2) is 29.5 Å². The molecule has 0 radical (unpaired) electrons. The van der Waals surface area contributed by atoms with Gasteiger partial charge in [0.1, 0.15) is 0 Å². The molecule has 3 atom stereocenters. The lowest BCUT2D eigenvalue weighted by molar-refractivity contribution is -0.136. The lowest BCUT2D eigenvalue weighted by Gasteiger charge is -2.42. The Morgan fingerprint density at radius 3 is 2.56 bits per heavy atom. The van der Waals surface area contributed by atoms with E-state index in [2.05, 4.69) is 45.7 Å². The van der Waals surface area contributed by atoms with Crippen molar-refractivity contribution in [2.24, 2.45) is 11.8 Å². The van der Waals surface area contributed by atoms with Gasteiger partial charge < -0.3 is 14.6 Å². The molecule has 0 aliphatic heterocycles. The molecular formula is C27H46O4Si. The molecule has 4 nitrogen and oxygen atoms in total. The first-order valence-electron chi connectivity index (χ1n) is 12.7. The van der Waals surface area contributed by atoms with E-state index in [0.717, 1.165) is 32.1 Å². The van der Waals surface area contributed by atoms with Gasteiger partial charge in [0.15, 0.2) is 8.32 Å². The number of rotatable bonds is 11. The third-order valence-electron chi connectivity index (χ3n) is 7.84. The zero-order valence-corrected chi connectivity index (χ0v) is 22.0. The molecule has 0 unspecified atom stereocenters. The van der Waals surface area contributed by atoms with Crippen LogP contribution in [0.25, 0.3) is 0 Å². The zero-order valence-electron chi connectivity index (χ0n) is 21.0. The van der Waals surface area contributed by atoms with Gasteiger partial charge in [-0.2, -0.15) is 0 Å². The van der Waals surface area contributed by atoms with Crippen LogP contribution in [0.3, 0.4) is 0 Å². The van der Waals surface area contributed by atoms with Crippen LogP contribution in [0.4, 0.5) is 0 Å². The van der Waals surface area contributed by atoms with E-state index in [-0.39, 0.29) is 23.5 Å². The minimum absolute atomic E-state index is 0.00445. The number of carboxylic acids is 1. The molecule has 2 aliphatic carbocycles. The van der Waals surface area contributed by atoms with Gasteiger partial charge in [-0.05, 0) is 81.1 Å². The predicted molar refractivity (Wildman–Crippen MR) is 134 cm³/mol. The number of carbonyl (C=O) groups is 1. The molecule has 0 amide bonds. The third kappa shape index (κ3) is 8.33. The van der Waals surface area contributed by atoms with Crippen LogP contribution >= 0.6 is 0 Å². The number of aliphatic hydroxyl groups excluding tert-OH is 1. The summed E-state index contributed by atoms with van der Waals surface area (Å²) in [4.78, 5) is 10.6. The molecule has 182 valence electrons. The third-order valence-corrected chi connectivity index (χ3v) is 12.3. The van der Waals surface area contributed by atoms with Gasteiger partial charge in [-0.25, -0.2) is 0 Å². The SMILES string of the molecule is CC(C)(C)[Si](C)(C)O[C@@H](CCC1=CC[C@H](O)[C@@H]1CCC=C=CCC(=O)O)C1CCCCC1. The van der Waals surface area contributed by atoms with E-state index in [0.29, 0.717) is 12.0 Å². The highest BCUT2D eigenvalue weighted by atomic mass is 28.4. The van der Waals surface area contributed by atoms with E-state index in [4.69, 9.17) is 9.53 Å². The Morgan fingerprint density at radius 2 is 1.94 bits per heavy atom. The smallest absolute Gasteiger partial charge is 0.307 e. The van der Waals surface area contributed by atoms with Crippen molar-refractivity contribution in [1.29, 1.82) is 0 Å². The largest absolute Gasteiger partial charge is 0.481 e. The summed E-state index contributed by atoms with van der Waals surface area (Å²) < 4.78 is 6.99. The summed E-state index contributed by atoms with van der Waals surface area (Å²) in [5, 5.41) is 19.5. The average Bonchev–Trinajstić information content (AvgIpc) is 3.07. The molecule has 1 fully saturated rings. The first-order valence-corrected chi connectivity index (χ1v) is 15.6. The fourth-order valence-electron chi connectivity index (χ4n) is 4.84. The molecule has 1 saturated carbocycles. The summed E-state index contributed by atoms with van der Waals surface area (Å²) in [6, 6.07) is 0. The molecule has 32 heavy (non-hydrogen) atoms. The lowest BCUT2D eigenvalue weighted by atomic mass is 9.82. The molecular weight excluding hydrogens is 416 g/mol. The van der Waals surface area contributed by atoms with Crippen LogP contribution in [-0.2, 0) is 9.22 Å². The Bertz CT molecular complexity index is 691. The monoisotopic (exact) mass is 462 g/mol. The molecule has 0 aromatic heterocycles. The minimum Gasteiger partial charge on any atom is -0.481 e. The zero-order chi connectivity index (χ0) is 23.8. The van der Waals surface area contributed by atoms with Gasteiger partial charge in [-0.3, -0.25) is 4.79 Å². The van der Waals surface area contributed by atoms with Gasteiger partial charge >= 0.3 is 5.97 Å². The number of hydrogen-bond donors (Lipinski definition) is 2. The Kier molecular flexibility index (Phi) is 10.5. The van der Waals surface area contributed by atoms with Crippen LogP contribution in [-0.4, -0.2) is 36.7 Å². The van der Waals surface area contributed by atoms with E-state index < -0.39 is 14.3 Å². The van der Waals surface area contributed by atoms with Gasteiger partial charge in [0, 0.05) is 12.0 Å². The quantitative estimate of drug-likeness (QED) is 0.197. The standard InChI is InChI=1S/C27H46O4Si/c1-27(2,3)32(4,5)31-25(22-13-9-8-10-14-22)20-18-21-17-19-24(28)23(21)15-11-6-7-12-16-26(29)30/h6,12,17,22-25,28H,8-11,13-16,18-20H2,1-5H3,(H,29,30)/t7?,23-,24+,25+/m1/s1. The summed E-state index contributed by atoms with van der Waals surface area (Å²) in [5.41, 5.74) is 4.35. The minimum atomic E-state index is -1.83. The molecule has 5 heteroatoms. The van der Waals surface area contributed by atoms with Gasteiger partial charge in [-0.1, -0.05) is 51.7 Å². The Labute approximate surface area is 197 Å². The van der Waals surface area contributed by atoms with Gasteiger partial charge in [0.2, 0.25) is 0 Å². The summed E-state index contributed by atoms with van der Waals surface area (Å²) in [6.45, 7) is 11.7. The summed E-state index contributed by atoms with van der Waals surface area (Å²) in [6.07, 6.45) is 16.8. The molecule has 2 rings (SSSR count). The fraction of sp³-hybridized carbons (Fsp3) is 0.778. The van der Waals surface area contributed by atoms with Crippen molar-refractivity contribution in [3.63, 3.8) is 0 Å². The molecule has 0 aromatic rings. The van der Waals surface area contributed by atoms with Crippen LogP contribution < -0.4 is 0 Å². The highest BCUT2D eigenvalue weighted by molar-refractivity contribution is 6.74. The Hall–Kier alpha value is -1.13. The second-order valence-corrected chi connectivity index (χ2v) is 16.0. The number of hydrogen-bond acceptors (Lipinski definition) is 3. The van der Waals surface area contributed by atoms with Gasteiger partial charge in [0.25, 0.3) is 0 Å². The molecule has 0 bridgehead atoms. The van der Waals surface area contributed by atoms with Crippen molar-refractivity contribution in [2.75, 3.05) is 0 Å². The second-order valence-electron chi connectivity index (χ2n) is 11.3. The fourth-order valence-corrected chi connectivity index (χ4v) is 6.26. The average molecular weight is 463 g/mol. The second kappa shape index (κ2) is 12.4. The van der Waals surface area contributed by atoms with Crippen molar-refractivity contribution >= 4 is 14.3 Å². The maximum atomic E-state index is 10.6. The molecule has 2 N–H and O–H groups in total. The summed E-state index contributed by atoms with van der Waals surface area (Å²) in [7, 11) is -1.83. The van der Waals surface area contributed by atoms with Crippen LogP contribution in [0.2, 0.25) is 18.1 Å². The predicted octanol–water partition coefficient (Wildman–Crippen LogP) is 7.01. The van der Waals surface area contributed by atoms with Crippen molar-refractivity contribution in [3.8, 4) is 0 Å². The summed E-state index contributed by atoms with van der Waals surface area (Å²) in [5.74, 6) is 0.0349. The molecule has 0 aromatic carbocycles. The van der Waals surface area contributed by atoms with E-state index in [9.17, 15) is 9.90 Å². The molecule has 0 spiro atoms. The first-order chi connectivity index (χ1) is 15.0. The highest BCUT2D eigenvalue weighted by Gasteiger charge is 2.41. The van der Waals surface area contributed by atoms with E-state index in [1.54, 1.807) is 6.08 Å². The number of aliphatic carboxylic acids is 1. The molecule has 2 aliphatic rings. The van der Waals surface area contributed by atoms with Crippen molar-refractivity contribution < 1.29 is 19.4 Å². The van der Waals surface area contributed by atoms with Crippen LogP contribution in [0.5, 0.6) is 0 Å². The van der Waals surface area contributed by atoms with Crippen molar-refractivity contribution in [3.05, 3.63) is 29.5 Å². The topological polar surface area (TPSA) is 66.8 Å². The lowest BCUT2D eigenvalue weighted by Crippen LogP contribution is -2.46. The molecule has 0 heterocycles. The maximum Gasteiger partial charge on any atom is 0.307 e.